The third-order valence-electron chi connectivity index (χ3n) is 6.70. The maximum Gasteiger partial charge on any atom is 0.242 e. The monoisotopic (exact) mass is 500 g/mol. The highest BCUT2D eigenvalue weighted by Crippen LogP contribution is 2.31. The van der Waals surface area contributed by atoms with E-state index >= 15 is 0 Å². The number of thiazole rings is 1. The van der Waals surface area contributed by atoms with Gasteiger partial charge in [-0.25, -0.2) is 4.98 Å². The first-order valence-electron chi connectivity index (χ1n) is 12.8. The Labute approximate surface area is 212 Å². The number of hydrogen-bond donors (Lipinski definition) is 4. The van der Waals surface area contributed by atoms with Crippen LogP contribution in [0, 0.1) is 11.8 Å². The molecule has 0 aliphatic heterocycles. The second-order valence-electron chi connectivity index (χ2n) is 10.2. The largest absolute Gasteiger partial charge is 0.384 e. The number of amides is 2. The van der Waals surface area contributed by atoms with Gasteiger partial charge in [-0.1, -0.05) is 76.3 Å². The number of aromatic nitrogens is 1. The molecular weight excluding hydrogens is 460 g/mol. The minimum absolute atomic E-state index is 0.192. The lowest BCUT2D eigenvalue weighted by molar-refractivity contribution is -0.131. The maximum atomic E-state index is 13.4. The standard InChI is InChI=1S/C27H40N4O3S/c1-18(2)15-23(31-25(33)21(28)16-19-9-5-3-6-10-19)26(34)30-22(17-20-11-7-4-8-12-20)24(32)27-29-13-14-35-27/h3,5-6,9-10,13-14,18,20-24,32H,4,7-8,11-12,15-17,28H2,1-2H3,(H,30,34)(H,31,33)/t21-,22-,23-,24+/m0/s1. The van der Waals surface area contributed by atoms with Gasteiger partial charge >= 0.3 is 0 Å². The molecule has 192 valence electrons. The number of benzene rings is 1. The Balaban J connectivity index is 1.68. The van der Waals surface area contributed by atoms with Gasteiger partial charge in [0, 0.05) is 11.6 Å². The Morgan fingerprint density at radius 3 is 2.46 bits per heavy atom. The molecule has 1 fully saturated rings. The van der Waals surface area contributed by atoms with Crippen molar-refractivity contribution in [3.8, 4) is 0 Å². The fraction of sp³-hybridized carbons (Fsp3) is 0.593. The average molecular weight is 501 g/mol. The van der Waals surface area contributed by atoms with Crippen LogP contribution in [-0.4, -0.2) is 40.0 Å². The van der Waals surface area contributed by atoms with Crippen molar-refractivity contribution in [1.29, 1.82) is 0 Å². The Morgan fingerprint density at radius 2 is 1.83 bits per heavy atom. The molecular formula is C27H40N4O3S. The summed E-state index contributed by atoms with van der Waals surface area (Å²) in [6, 6.07) is 7.68. The number of aliphatic hydroxyl groups excluding tert-OH is 1. The van der Waals surface area contributed by atoms with Crippen LogP contribution >= 0.6 is 11.3 Å². The van der Waals surface area contributed by atoms with E-state index in [1.165, 1.54) is 30.6 Å². The van der Waals surface area contributed by atoms with E-state index < -0.39 is 24.2 Å². The highest BCUT2D eigenvalue weighted by Gasteiger charge is 2.32. The van der Waals surface area contributed by atoms with E-state index in [1.54, 1.807) is 6.20 Å². The Bertz CT molecular complexity index is 900. The highest BCUT2D eigenvalue weighted by molar-refractivity contribution is 7.09. The van der Waals surface area contributed by atoms with Gasteiger partial charge in [-0.15, -0.1) is 11.3 Å². The SMILES string of the molecule is CC(C)C[C@H](NC(=O)[C@@H](N)Cc1ccccc1)C(=O)N[C@@H](CC1CCCCC1)[C@@H](O)c1nccs1. The van der Waals surface area contributed by atoms with Gasteiger partial charge in [-0.2, -0.15) is 0 Å². The maximum absolute atomic E-state index is 13.4. The molecule has 2 aromatic rings. The molecule has 0 unspecified atom stereocenters. The lowest BCUT2D eigenvalue weighted by Crippen LogP contribution is -2.55. The number of rotatable bonds is 12. The normalized spacial score (nSPS) is 18.0. The topological polar surface area (TPSA) is 117 Å². The Hall–Kier alpha value is -2.29. The molecule has 7 nitrogen and oxygen atoms in total. The molecule has 1 aliphatic carbocycles. The summed E-state index contributed by atoms with van der Waals surface area (Å²) in [4.78, 5) is 30.6. The molecule has 0 radical (unpaired) electrons. The van der Waals surface area contributed by atoms with Crippen LogP contribution < -0.4 is 16.4 Å². The minimum atomic E-state index is -0.878. The van der Waals surface area contributed by atoms with Crippen LogP contribution in [0.4, 0.5) is 0 Å². The predicted molar refractivity (Wildman–Crippen MR) is 140 cm³/mol. The predicted octanol–water partition coefficient (Wildman–Crippen LogP) is 3.73. The summed E-state index contributed by atoms with van der Waals surface area (Å²) in [7, 11) is 0. The van der Waals surface area contributed by atoms with Crippen LogP contribution in [-0.2, 0) is 16.0 Å². The Kier molecular flexibility index (Phi) is 10.7. The minimum Gasteiger partial charge on any atom is -0.384 e. The summed E-state index contributed by atoms with van der Waals surface area (Å²) in [5.41, 5.74) is 7.15. The first-order valence-corrected chi connectivity index (χ1v) is 13.7. The highest BCUT2D eigenvalue weighted by atomic mass is 32.1. The summed E-state index contributed by atoms with van der Waals surface area (Å²) in [5, 5.41) is 19.5. The van der Waals surface area contributed by atoms with Gasteiger partial charge < -0.3 is 21.5 Å². The molecule has 2 amide bonds. The third kappa shape index (κ3) is 8.70. The number of nitrogens with two attached hydrogens (primary N) is 1. The van der Waals surface area contributed by atoms with E-state index in [4.69, 9.17) is 5.73 Å². The second-order valence-corrected chi connectivity index (χ2v) is 11.1. The molecule has 1 aromatic heterocycles. The van der Waals surface area contributed by atoms with Gasteiger partial charge in [0.25, 0.3) is 0 Å². The molecule has 0 saturated heterocycles. The number of carbonyl (C=O) groups excluding carboxylic acids is 2. The van der Waals surface area contributed by atoms with E-state index in [-0.39, 0.29) is 17.7 Å². The third-order valence-corrected chi connectivity index (χ3v) is 7.55. The van der Waals surface area contributed by atoms with Crippen LogP contribution in [0.15, 0.2) is 41.9 Å². The van der Waals surface area contributed by atoms with Gasteiger partial charge in [-0.05, 0) is 36.7 Å². The van der Waals surface area contributed by atoms with Crippen molar-refractivity contribution in [2.45, 2.75) is 89.4 Å². The Morgan fingerprint density at radius 1 is 1.11 bits per heavy atom. The van der Waals surface area contributed by atoms with Crippen LogP contribution in [0.1, 0.15) is 75.5 Å². The number of aliphatic hydroxyl groups is 1. The molecule has 1 aliphatic rings. The van der Waals surface area contributed by atoms with Crippen LogP contribution in [0.5, 0.6) is 0 Å². The molecule has 4 atom stereocenters. The zero-order chi connectivity index (χ0) is 25.2. The molecule has 1 saturated carbocycles. The molecule has 0 bridgehead atoms. The van der Waals surface area contributed by atoms with Crippen LogP contribution in [0.3, 0.4) is 0 Å². The molecule has 8 heteroatoms. The zero-order valence-corrected chi connectivity index (χ0v) is 21.7. The lowest BCUT2D eigenvalue weighted by atomic mass is 9.83. The van der Waals surface area contributed by atoms with Crippen molar-refractivity contribution in [3.63, 3.8) is 0 Å². The van der Waals surface area contributed by atoms with Crippen LogP contribution in [0.25, 0.3) is 0 Å². The average Bonchev–Trinajstić information content (AvgIpc) is 3.38. The van der Waals surface area contributed by atoms with E-state index in [0.717, 1.165) is 18.4 Å². The molecule has 0 spiro atoms. The molecule has 1 aromatic carbocycles. The van der Waals surface area contributed by atoms with Gasteiger partial charge in [0.15, 0.2) is 0 Å². The van der Waals surface area contributed by atoms with Crippen molar-refractivity contribution >= 4 is 23.2 Å². The van der Waals surface area contributed by atoms with E-state index in [0.29, 0.717) is 30.2 Å². The van der Waals surface area contributed by atoms with Gasteiger partial charge in [0.2, 0.25) is 11.8 Å². The second kappa shape index (κ2) is 13.7. The number of hydrogen-bond acceptors (Lipinski definition) is 6. The van der Waals surface area contributed by atoms with Crippen molar-refractivity contribution < 1.29 is 14.7 Å². The fourth-order valence-corrected chi connectivity index (χ4v) is 5.51. The number of nitrogens with one attached hydrogen (secondary N) is 2. The summed E-state index contributed by atoms with van der Waals surface area (Å²) in [5.74, 6) is 0.0208. The lowest BCUT2D eigenvalue weighted by Gasteiger charge is -2.31. The zero-order valence-electron chi connectivity index (χ0n) is 20.9. The smallest absolute Gasteiger partial charge is 0.242 e. The molecule has 5 N–H and O–H groups in total. The molecule has 1 heterocycles. The van der Waals surface area contributed by atoms with Gasteiger partial charge in [0.1, 0.15) is 17.2 Å². The summed E-state index contributed by atoms with van der Waals surface area (Å²) >= 11 is 1.38. The quantitative estimate of drug-likeness (QED) is 0.354. The summed E-state index contributed by atoms with van der Waals surface area (Å²) in [6.45, 7) is 4.03. The van der Waals surface area contributed by atoms with Crippen molar-refractivity contribution in [1.82, 2.24) is 15.6 Å². The number of carbonyl (C=O) groups is 2. The van der Waals surface area contributed by atoms with Crippen molar-refractivity contribution in [2.24, 2.45) is 17.6 Å². The summed E-state index contributed by atoms with van der Waals surface area (Å²) < 4.78 is 0. The van der Waals surface area contributed by atoms with Crippen molar-refractivity contribution in [2.75, 3.05) is 0 Å². The van der Waals surface area contributed by atoms with Crippen LogP contribution in [0.2, 0.25) is 0 Å². The first-order chi connectivity index (χ1) is 16.8. The van der Waals surface area contributed by atoms with Gasteiger partial charge in [0.05, 0.1) is 12.1 Å². The van der Waals surface area contributed by atoms with Gasteiger partial charge in [-0.3, -0.25) is 9.59 Å². The fourth-order valence-electron chi connectivity index (χ4n) is 4.83. The van der Waals surface area contributed by atoms with E-state index in [1.807, 2.05) is 49.6 Å². The van der Waals surface area contributed by atoms with E-state index in [2.05, 4.69) is 15.6 Å². The first kappa shape index (κ1) is 27.3. The molecule has 35 heavy (non-hydrogen) atoms. The van der Waals surface area contributed by atoms with Crippen molar-refractivity contribution in [3.05, 3.63) is 52.5 Å². The number of nitrogens with zero attached hydrogens (tertiary/aromatic N) is 1. The summed E-state index contributed by atoms with van der Waals surface area (Å²) in [6.07, 6.45) is 8.20. The molecule has 3 rings (SSSR count). The van der Waals surface area contributed by atoms with E-state index in [9.17, 15) is 14.7 Å².